The molecule has 42 valence electrons. The van der Waals surface area contributed by atoms with E-state index >= 15 is 0 Å². The molecule has 3 heteroatoms. The molecular formula is C5H6N2O. The van der Waals surface area contributed by atoms with Crippen LogP contribution >= 0.6 is 0 Å². The van der Waals surface area contributed by atoms with Gasteiger partial charge in [-0.05, 0) is 0 Å². The van der Waals surface area contributed by atoms with E-state index in [1.54, 1.807) is 0 Å². The highest BCUT2D eigenvalue weighted by Gasteiger charge is 2.02. The summed E-state index contributed by atoms with van der Waals surface area (Å²) in [6, 6.07) is 0. The molecule has 1 amide bonds. The fourth-order valence-corrected chi connectivity index (χ4v) is 0.485. The van der Waals surface area contributed by atoms with E-state index in [1.807, 2.05) is 0 Å². The molecule has 8 heavy (non-hydrogen) atoms. The number of rotatable bonds is 0. The zero-order valence-corrected chi connectivity index (χ0v) is 4.35. The lowest BCUT2D eigenvalue weighted by Gasteiger charge is -2.05. The minimum absolute atomic E-state index is 0.179. The lowest BCUT2D eigenvalue weighted by Crippen LogP contribution is -2.28. The van der Waals surface area contributed by atoms with Crippen molar-refractivity contribution in [2.24, 2.45) is 4.99 Å². The number of hydrogen-bond donors (Lipinski definition) is 1. The molecule has 0 aromatic rings. The van der Waals surface area contributed by atoms with Gasteiger partial charge in [0.25, 0.3) is 5.91 Å². The van der Waals surface area contributed by atoms with E-state index in [4.69, 9.17) is 0 Å². The predicted molar refractivity (Wildman–Crippen MR) is 30.6 cm³/mol. The average molecular weight is 110 g/mol. The third kappa shape index (κ3) is 0.932. The first-order valence-electron chi connectivity index (χ1n) is 2.27. The molecular weight excluding hydrogens is 104 g/mol. The van der Waals surface area contributed by atoms with Crippen LogP contribution in [0.3, 0.4) is 0 Å². The van der Waals surface area contributed by atoms with E-state index in [9.17, 15) is 4.79 Å². The van der Waals surface area contributed by atoms with Gasteiger partial charge in [0.15, 0.2) is 0 Å². The molecule has 0 bridgehead atoms. The highest BCUT2D eigenvalue weighted by Crippen LogP contribution is 1.88. The second kappa shape index (κ2) is 1.78. The molecule has 0 unspecified atom stereocenters. The number of aliphatic imine (C=N–C) groups is 1. The molecule has 1 rings (SSSR count). The Morgan fingerprint density at radius 1 is 1.88 bits per heavy atom. The zero-order chi connectivity index (χ0) is 5.98. The maximum Gasteiger partial charge on any atom is 0.266 e. The maximum absolute atomic E-state index is 10.4. The molecule has 0 radical (unpaired) electrons. The van der Waals surface area contributed by atoms with Gasteiger partial charge in [-0.15, -0.1) is 0 Å². The molecule has 0 aromatic carbocycles. The van der Waals surface area contributed by atoms with Gasteiger partial charge in [-0.3, -0.25) is 9.79 Å². The minimum Gasteiger partial charge on any atom is -0.324 e. The van der Waals surface area contributed by atoms with E-state index in [0.29, 0.717) is 12.2 Å². The van der Waals surface area contributed by atoms with Crippen LogP contribution in [0.1, 0.15) is 0 Å². The number of carbonyl (C=O) groups is 1. The van der Waals surface area contributed by atoms with E-state index in [2.05, 4.69) is 16.9 Å². The van der Waals surface area contributed by atoms with Crippen LogP contribution in [0.5, 0.6) is 0 Å². The van der Waals surface area contributed by atoms with E-state index in [-0.39, 0.29) is 5.91 Å². The molecule has 0 aliphatic carbocycles. The molecule has 0 saturated carbocycles. The Morgan fingerprint density at radius 2 is 2.62 bits per heavy atom. The molecule has 0 spiro atoms. The first-order valence-corrected chi connectivity index (χ1v) is 2.27. The SMILES string of the molecule is C=C1CN=CC(=O)N1. The fourth-order valence-electron chi connectivity index (χ4n) is 0.485. The van der Waals surface area contributed by atoms with Gasteiger partial charge in [0, 0.05) is 5.70 Å². The highest BCUT2D eigenvalue weighted by atomic mass is 16.1. The summed E-state index contributed by atoms with van der Waals surface area (Å²) < 4.78 is 0. The highest BCUT2D eigenvalue weighted by molar-refractivity contribution is 6.27. The zero-order valence-electron chi connectivity index (χ0n) is 4.35. The molecule has 1 N–H and O–H groups in total. The molecule has 0 aromatic heterocycles. The lowest BCUT2D eigenvalue weighted by molar-refractivity contribution is -0.113. The lowest BCUT2D eigenvalue weighted by atomic mass is 10.4. The average Bonchev–Trinajstić information content (AvgIpc) is 1.64. The quantitative estimate of drug-likeness (QED) is 0.457. The Hall–Kier alpha value is -1.12. The molecule has 3 nitrogen and oxygen atoms in total. The summed E-state index contributed by atoms with van der Waals surface area (Å²) in [5, 5.41) is 2.50. The van der Waals surface area contributed by atoms with E-state index in [1.165, 1.54) is 6.21 Å². The number of hydrogen-bond acceptors (Lipinski definition) is 2. The second-order valence-corrected chi connectivity index (χ2v) is 1.56. The van der Waals surface area contributed by atoms with Crippen LogP contribution in [0.25, 0.3) is 0 Å². The van der Waals surface area contributed by atoms with Gasteiger partial charge in [-0.1, -0.05) is 6.58 Å². The van der Waals surface area contributed by atoms with Crippen LogP contribution in [0.15, 0.2) is 17.3 Å². The van der Waals surface area contributed by atoms with E-state index in [0.717, 1.165) is 0 Å². The molecule has 0 atom stereocenters. The largest absolute Gasteiger partial charge is 0.324 e. The van der Waals surface area contributed by atoms with Crippen molar-refractivity contribution >= 4 is 12.1 Å². The van der Waals surface area contributed by atoms with Gasteiger partial charge in [0.2, 0.25) is 0 Å². The summed E-state index contributed by atoms with van der Waals surface area (Å²) in [5.41, 5.74) is 0.664. The Balaban J connectivity index is 2.68. The fraction of sp³-hybridized carbons (Fsp3) is 0.200. The van der Waals surface area contributed by atoms with E-state index < -0.39 is 0 Å². The Kier molecular flexibility index (Phi) is 1.12. The summed E-state index contributed by atoms with van der Waals surface area (Å²) in [6.45, 7) is 4.04. The molecule has 0 saturated heterocycles. The summed E-state index contributed by atoms with van der Waals surface area (Å²) >= 11 is 0. The number of nitrogens with one attached hydrogen (secondary N) is 1. The third-order valence-corrected chi connectivity index (χ3v) is 0.791. The first kappa shape index (κ1) is 5.03. The van der Waals surface area contributed by atoms with Gasteiger partial charge in [-0.25, -0.2) is 0 Å². The van der Waals surface area contributed by atoms with Crippen molar-refractivity contribution < 1.29 is 4.79 Å². The summed E-state index contributed by atoms with van der Waals surface area (Å²) in [7, 11) is 0. The number of carbonyl (C=O) groups excluding carboxylic acids is 1. The van der Waals surface area contributed by atoms with Crippen LogP contribution in [0, 0.1) is 0 Å². The Bertz CT molecular complexity index is 160. The molecule has 0 fully saturated rings. The van der Waals surface area contributed by atoms with Crippen molar-refractivity contribution in [3.8, 4) is 0 Å². The van der Waals surface area contributed by atoms with Gasteiger partial charge >= 0.3 is 0 Å². The number of amides is 1. The maximum atomic E-state index is 10.4. The Morgan fingerprint density at radius 3 is 3.00 bits per heavy atom. The first-order chi connectivity index (χ1) is 3.79. The summed E-state index contributed by atoms with van der Waals surface area (Å²) in [5.74, 6) is -0.179. The van der Waals surface area contributed by atoms with Crippen molar-refractivity contribution in [3.63, 3.8) is 0 Å². The smallest absolute Gasteiger partial charge is 0.266 e. The van der Waals surface area contributed by atoms with Crippen LogP contribution in [0.4, 0.5) is 0 Å². The monoisotopic (exact) mass is 110 g/mol. The topological polar surface area (TPSA) is 41.5 Å². The number of nitrogens with zero attached hydrogens (tertiary/aromatic N) is 1. The van der Waals surface area contributed by atoms with Crippen molar-refractivity contribution in [3.05, 3.63) is 12.3 Å². The van der Waals surface area contributed by atoms with Crippen molar-refractivity contribution in [1.29, 1.82) is 0 Å². The minimum atomic E-state index is -0.179. The van der Waals surface area contributed by atoms with Gasteiger partial charge in [-0.2, -0.15) is 0 Å². The normalized spacial score (nSPS) is 18.5. The summed E-state index contributed by atoms with van der Waals surface area (Å²) in [6.07, 6.45) is 1.26. The molecule has 1 aliphatic heterocycles. The summed E-state index contributed by atoms with van der Waals surface area (Å²) in [4.78, 5) is 14.1. The predicted octanol–water partition coefficient (Wildman–Crippen LogP) is -0.299. The third-order valence-electron chi connectivity index (χ3n) is 0.791. The van der Waals surface area contributed by atoms with Gasteiger partial charge < -0.3 is 5.32 Å². The van der Waals surface area contributed by atoms with Crippen LogP contribution in [-0.2, 0) is 4.79 Å². The molecule has 1 aliphatic rings. The van der Waals surface area contributed by atoms with Crippen molar-refractivity contribution in [1.82, 2.24) is 5.32 Å². The van der Waals surface area contributed by atoms with Crippen LogP contribution in [0.2, 0.25) is 0 Å². The standard InChI is InChI=1S/C5H6N2O/c1-4-2-6-3-5(8)7-4/h3H,1-2H2,(H,7,8). The van der Waals surface area contributed by atoms with Crippen molar-refractivity contribution in [2.75, 3.05) is 6.54 Å². The van der Waals surface area contributed by atoms with Crippen LogP contribution < -0.4 is 5.32 Å². The Labute approximate surface area is 47.1 Å². The molecule has 1 heterocycles. The second-order valence-electron chi connectivity index (χ2n) is 1.56. The van der Waals surface area contributed by atoms with Gasteiger partial charge in [0.05, 0.1) is 12.8 Å². The van der Waals surface area contributed by atoms with Crippen molar-refractivity contribution in [2.45, 2.75) is 0 Å². The van der Waals surface area contributed by atoms with Gasteiger partial charge in [0.1, 0.15) is 0 Å². The van der Waals surface area contributed by atoms with Crippen LogP contribution in [-0.4, -0.2) is 18.7 Å².